The van der Waals surface area contributed by atoms with Crippen molar-refractivity contribution in [3.63, 3.8) is 0 Å². The number of nitrogens with one attached hydrogen (secondary N) is 1. The van der Waals surface area contributed by atoms with Crippen LogP contribution in [-0.4, -0.2) is 8.42 Å². The summed E-state index contributed by atoms with van der Waals surface area (Å²) in [6.45, 7) is 1.53. The number of anilines is 2. The minimum atomic E-state index is -3.95. The highest BCUT2D eigenvalue weighted by Crippen LogP contribution is 2.21. The predicted octanol–water partition coefficient (Wildman–Crippen LogP) is 2.66. The molecule has 0 radical (unpaired) electrons. The van der Waals surface area contributed by atoms with E-state index in [9.17, 15) is 17.2 Å². The van der Waals surface area contributed by atoms with Crippen molar-refractivity contribution in [3.05, 3.63) is 53.6 Å². The third-order valence-corrected chi connectivity index (χ3v) is 4.08. The molecule has 0 saturated carbocycles. The molecule has 0 bridgehead atoms. The summed E-state index contributed by atoms with van der Waals surface area (Å²) < 4.78 is 52.7. The molecule has 2 rings (SSSR count). The number of aryl methyl sites for hydroxylation is 1. The summed E-state index contributed by atoms with van der Waals surface area (Å²) >= 11 is 0. The molecule has 0 unspecified atom stereocenters. The van der Waals surface area contributed by atoms with Crippen LogP contribution in [0.15, 0.2) is 41.3 Å². The molecule has 0 heterocycles. The van der Waals surface area contributed by atoms with Crippen LogP contribution in [0.4, 0.5) is 20.2 Å². The van der Waals surface area contributed by atoms with Gasteiger partial charge in [-0.15, -0.1) is 0 Å². The van der Waals surface area contributed by atoms with Crippen molar-refractivity contribution in [2.24, 2.45) is 0 Å². The van der Waals surface area contributed by atoms with Crippen LogP contribution in [0.5, 0.6) is 0 Å². The van der Waals surface area contributed by atoms with Gasteiger partial charge in [0.25, 0.3) is 10.0 Å². The van der Waals surface area contributed by atoms with Gasteiger partial charge in [0.05, 0.1) is 16.3 Å². The van der Waals surface area contributed by atoms with Gasteiger partial charge in [0.2, 0.25) is 0 Å². The second-order valence-corrected chi connectivity index (χ2v) is 5.94. The molecular weight excluding hydrogens is 286 g/mol. The molecule has 0 aliphatic heterocycles. The molecule has 0 spiro atoms. The summed E-state index contributed by atoms with van der Waals surface area (Å²) in [6.07, 6.45) is 0. The quantitative estimate of drug-likeness (QED) is 0.856. The average molecular weight is 298 g/mol. The zero-order valence-electron chi connectivity index (χ0n) is 10.5. The van der Waals surface area contributed by atoms with E-state index >= 15 is 0 Å². The van der Waals surface area contributed by atoms with Crippen molar-refractivity contribution in [2.45, 2.75) is 11.8 Å². The maximum atomic E-state index is 13.4. The largest absolute Gasteiger partial charge is 0.396 e. The summed E-state index contributed by atoms with van der Waals surface area (Å²) in [4.78, 5) is -0.219. The molecule has 0 saturated heterocycles. The second-order valence-electron chi connectivity index (χ2n) is 4.25. The molecule has 0 aliphatic rings. The summed E-state index contributed by atoms with van der Waals surface area (Å²) in [5.74, 6) is -1.26. The van der Waals surface area contributed by atoms with E-state index in [1.165, 1.54) is 25.1 Å². The lowest BCUT2D eigenvalue weighted by Crippen LogP contribution is -2.13. The highest BCUT2D eigenvalue weighted by atomic mass is 32.2. The van der Waals surface area contributed by atoms with Crippen LogP contribution in [0, 0.1) is 18.6 Å². The Balaban J connectivity index is 2.35. The molecule has 0 aliphatic carbocycles. The zero-order chi connectivity index (χ0) is 14.9. The first-order valence-electron chi connectivity index (χ1n) is 5.63. The number of nitrogen functional groups attached to an aromatic ring is 1. The Morgan fingerprint density at radius 2 is 1.75 bits per heavy atom. The fourth-order valence-corrected chi connectivity index (χ4v) is 2.62. The van der Waals surface area contributed by atoms with Gasteiger partial charge in [0, 0.05) is 0 Å². The lowest BCUT2D eigenvalue weighted by atomic mass is 10.2. The number of hydrogen-bond acceptors (Lipinski definition) is 3. The monoisotopic (exact) mass is 298 g/mol. The van der Waals surface area contributed by atoms with Crippen molar-refractivity contribution in [1.82, 2.24) is 0 Å². The van der Waals surface area contributed by atoms with E-state index in [2.05, 4.69) is 4.72 Å². The molecule has 106 valence electrons. The maximum Gasteiger partial charge on any atom is 0.261 e. The van der Waals surface area contributed by atoms with E-state index in [1.54, 1.807) is 0 Å². The van der Waals surface area contributed by atoms with E-state index in [-0.39, 0.29) is 16.3 Å². The van der Waals surface area contributed by atoms with E-state index < -0.39 is 21.7 Å². The second kappa shape index (κ2) is 5.09. The summed E-state index contributed by atoms with van der Waals surface area (Å²) in [5.41, 5.74) is 5.62. The Labute approximate surface area is 115 Å². The Morgan fingerprint density at radius 1 is 1.05 bits per heavy atom. The van der Waals surface area contributed by atoms with Crippen LogP contribution in [0.25, 0.3) is 0 Å². The predicted molar refractivity (Wildman–Crippen MR) is 72.8 cm³/mol. The van der Waals surface area contributed by atoms with Gasteiger partial charge < -0.3 is 5.73 Å². The normalized spacial score (nSPS) is 11.3. The van der Waals surface area contributed by atoms with Crippen LogP contribution in [0.1, 0.15) is 5.56 Å². The molecule has 2 aromatic rings. The molecule has 7 heteroatoms. The van der Waals surface area contributed by atoms with E-state index in [0.717, 1.165) is 18.2 Å². The molecule has 0 amide bonds. The van der Waals surface area contributed by atoms with Gasteiger partial charge in [-0.05, 0) is 42.8 Å². The van der Waals surface area contributed by atoms with Gasteiger partial charge in [-0.1, -0.05) is 6.07 Å². The van der Waals surface area contributed by atoms with Gasteiger partial charge in [-0.3, -0.25) is 4.72 Å². The van der Waals surface area contributed by atoms with Gasteiger partial charge in [0.1, 0.15) is 11.6 Å². The highest BCUT2D eigenvalue weighted by molar-refractivity contribution is 7.92. The van der Waals surface area contributed by atoms with Gasteiger partial charge >= 0.3 is 0 Å². The molecule has 4 nitrogen and oxygen atoms in total. The van der Waals surface area contributed by atoms with Crippen LogP contribution in [0.3, 0.4) is 0 Å². The van der Waals surface area contributed by atoms with Crippen molar-refractivity contribution >= 4 is 21.4 Å². The minimum absolute atomic E-state index is 0.102. The Kier molecular flexibility index (Phi) is 3.63. The lowest BCUT2D eigenvalue weighted by molar-refractivity contribution is 0.593. The third kappa shape index (κ3) is 2.88. The number of nitrogens with two attached hydrogens (primary N) is 1. The van der Waals surface area contributed by atoms with Gasteiger partial charge in [-0.2, -0.15) is 0 Å². The number of rotatable bonds is 3. The summed E-state index contributed by atoms with van der Waals surface area (Å²) in [6, 6.07) is 7.00. The van der Waals surface area contributed by atoms with Crippen LogP contribution >= 0.6 is 0 Å². The smallest absolute Gasteiger partial charge is 0.261 e. The molecule has 20 heavy (non-hydrogen) atoms. The van der Waals surface area contributed by atoms with Gasteiger partial charge in [-0.25, -0.2) is 17.2 Å². The average Bonchev–Trinajstić information content (AvgIpc) is 2.37. The SMILES string of the molecule is Cc1ccc(S(=O)(=O)Nc2ccc(F)c(N)c2)cc1F. The fraction of sp³-hybridized carbons (Fsp3) is 0.0769. The molecule has 3 N–H and O–H groups in total. The summed E-state index contributed by atoms with van der Waals surface area (Å²) in [5, 5.41) is 0. The molecular formula is C13H12F2N2O2S. The van der Waals surface area contributed by atoms with E-state index in [0.29, 0.717) is 5.56 Å². The number of benzene rings is 2. The Morgan fingerprint density at radius 3 is 2.35 bits per heavy atom. The topological polar surface area (TPSA) is 72.2 Å². The number of hydrogen-bond donors (Lipinski definition) is 2. The minimum Gasteiger partial charge on any atom is -0.396 e. The van der Waals surface area contributed by atoms with Crippen molar-refractivity contribution in [1.29, 1.82) is 0 Å². The maximum absolute atomic E-state index is 13.4. The fourth-order valence-electron chi connectivity index (χ4n) is 1.56. The highest BCUT2D eigenvalue weighted by Gasteiger charge is 2.16. The van der Waals surface area contributed by atoms with Crippen molar-refractivity contribution in [2.75, 3.05) is 10.5 Å². The van der Waals surface area contributed by atoms with Crippen LogP contribution < -0.4 is 10.5 Å². The first-order valence-corrected chi connectivity index (χ1v) is 7.12. The Bertz CT molecular complexity index is 761. The number of sulfonamides is 1. The van der Waals surface area contributed by atoms with Crippen LogP contribution in [0.2, 0.25) is 0 Å². The van der Waals surface area contributed by atoms with Crippen molar-refractivity contribution < 1.29 is 17.2 Å². The zero-order valence-corrected chi connectivity index (χ0v) is 11.3. The first kappa shape index (κ1) is 14.3. The summed E-state index contributed by atoms with van der Waals surface area (Å²) in [7, 11) is -3.95. The first-order chi connectivity index (χ1) is 9.29. The third-order valence-electron chi connectivity index (χ3n) is 2.70. The standard InChI is InChI=1S/C13H12F2N2O2S/c1-8-2-4-10(7-12(8)15)20(18,19)17-9-3-5-11(14)13(16)6-9/h2-7,17H,16H2,1H3. The van der Waals surface area contributed by atoms with Gasteiger partial charge in [0.15, 0.2) is 0 Å². The van der Waals surface area contributed by atoms with E-state index in [1.807, 2.05) is 0 Å². The molecule has 2 aromatic carbocycles. The van der Waals surface area contributed by atoms with Crippen LogP contribution in [-0.2, 0) is 10.0 Å². The number of halogens is 2. The molecule has 0 fully saturated rings. The van der Waals surface area contributed by atoms with E-state index in [4.69, 9.17) is 5.73 Å². The molecule has 0 atom stereocenters. The Hall–Kier alpha value is -2.15. The lowest BCUT2D eigenvalue weighted by Gasteiger charge is -2.09. The van der Waals surface area contributed by atoms with Crippen molar-refractivity contribution in [3.8, 4) is 0 Å². The molecule has 0 aromatic heterocycles.